The Labute approximate surface area is 219 Å². The average molecular weight is 532 g/mol. The molecule has 36 heavy (non-hydrogen) atoms. The Kier molecular flexibility index (Phi) is 7.23. The number of imidazole rings is 1. The van der Waals surface area contributed by atoms with Gasteiger partial charge < -0.3 is 21.5 Å². The first-order valence-corrected chi connectivity index (χ1v) is 13.2. The number of benzene rings is 1. The Morgan fingerprint density at radius 1 is 1.14 bits per heavy atom. The van der Waals surface area contributed by atoms with Crippen molar-refractivity contribution in [3.05, 3.63) is 34.4 Å². The molecule has 9 nitrogen and oxygen atoms in total. The molecule has 2 aliphatic carbocycles. The molecule has 0 bridgehead atoms. The molecule has 3 atom stereocenters. The van der Waals surface area contributed by atoms with Crippen LogP contribution in [0, 0.1) is 11.8 Å². The van der Waals surface area contributed by atoms with Crippen LogP contribution in [-0.2, 0) is 4.79 Å². The lowest BCUT2D eigenvalue weighted by Crippen LogP contribution is -2.35. The van der Waals surface area contributed by atoms with Gasteiger partial charge in [-0.2, -0.15) is 4.98 Å². The van der Waals surface area contributed by atoms with E-state index in [2.05, 4.69) is 27.1 Å². The zero-order chi connectivity index (χ0) is 25.4. The summed E-state index contributed by atoms with van der Waals surface area (Å²) in [5, 5.41) is 18.1. The van der Waals surface area contributed by atoms with Crippen molar-refractivity contribution in [2.75, 3.05) is 10.6 Å². The van der Waals surface area contributed by atoms with Crippen LogP contribution in [0.2, 0.25) is 10.0 Å². The Bertz CT molecular complexity index is 1260. The lowest BCUT2D eigenvalue weighted by Gasteiger charge is -2.31. The topological polar surface area (TPSA) is 131 Å². The van der Waals surface area contributed by atoms with Crippen LogP contribution >= 0.6 is 23.2 Å². The maximum atomic E-state index is 11.7. The fraction of sp³-hybridized carbons (Fsp3) is 0.520. The van der Waals surface area contributed by atoms with Crippen LogP contribution in [0.3, 0.4) is 0 Å². The van der Waals surface area contributed by atoms with Gasteiger partial charge in [-0.25, -0.2) is 9.97 Å². The molecule has 2 aromatic heterocycles. The van der Waals surface area contributed by atoms with Crippen molar-refractivity contribution in [3.63, 3.8) is 0 Å². The second-order valence-corrected chi connectivity index (χ2v) is 10.9. The smallest absolute Gasteiger partial charge is 0.224 e. The van der Waals surface area contributed by atoms with Gasteiger partial charge in [0.05, 0.1) is 23.0 Å². The van der Waals surface area contributed by atoms with Crippen LogP contribution in [0.15, 0.2) is 24.4 Å². The van der Waals surface area contributed by atoms with Crippen LogP contribution in [0.25, 0.3) is 11.2 Å². The number of halogens is 2. The van der Waals surface area contributed by atoms with Gasteiger partial charge in [-0.1, -0.05) is 30.1 Å². The summed E-state index contributed by atoms with van der Waals surface area (Å²) in [4.78, 5) is 25.9. The third-order valence-corrected chi connectivity index (χ3v) is 8.11. The number of aromatic nitrogens is 4. The molecular weight excluding hydrogens is 501 g/mol. The molecule has 0 spiro atoms. The summed E-state index contributed by atoms with van der Waals surface area (Å²) in [6, 6.07) is 5.45. The molecule has 1 amide bonds. The highest BCUT2D eigenvalue weighted by atomic mass is 35.5. The Morgan fingerprint density at radius 2 is 1.92 bits per heavy atom. The van der Waals surface area contributed by atoms with E-state index in [4.69, 9.17) is 38.9 Å². The molecule has 3 aromatic rings. The molecular formula is C25H31Cl2N7O2. The first-order chi connectivity index (χ1) is 17.3. The highest BCUT2D eigenvalue weighted by Gasteiger charge is 2.30. The number of hydrogen-bond acceptors (Lipinski definition) is 7. The number of nitrogens with zero attached hydrogens (tertiary/aromatic N) is 4. The second-order valence-electron chi connectivity index (χ2n) is 10.1. The van der Waals surface area contributed by atoms with Gasteiger partial charge in [-0.3, -0.25) is 9.36 Å². The van der Waals surface area contributed by atoms with E-state index in [1.165, 1.54) is 0 Å². The minimum atomic E-state index is -0.328. The Morgan fingerprint density at radius 3 is 2.61 bits per heavy atom. The van der Waals surface area contributed by atoms with Crippen molar-refractivity contribution in [2.24, 2.45) is 17.6 Å². The third-order valence-electron chi connectivity index (χ3n) is 7.56. The van der Waals surface area contributed by atoms with Crippen LogP contribution in [0.1, 0.15) is 57.9 Å². The molecule has 11 heteroatoms. The van der Waals surface area contributed by atoms with Crippen molar-refractivity contribution in [3.8, 4) is 0 Å². The minimum Gasteiger partial charge on any atom is -0.393 e. The summed E-state index contributed by atoms with van der Waals surface area (Å²) in [6.45, 7) is 2.08. The fourth-order valence-corrected chi connectivity index (χ4v) is 5.79. The number of rotatable bonds is 6. The largest absolute Gasteiger partial charge is 0.393 e. The number of aliphatic hydroxyl groups excluding tert-OH is 1. The summed E-state index contributed by atoms with van der Waals surface area (Å²) >= 11 is 12.5. The second kappa shape index (κ2) is 10.4. The minimum absolute atomic E-state index is 0.0827. The number of fused-ring (bicyclic) bond motifs is 1. The fourth-order valence-electron chi connectivity index (χ4n) is 5.34. The summed E-state index contributed by atoms with van der Waals surface area (Å²) in [6.07, 6.45) is 6.96. The van der Waals surface area contributed by atoms with Crippen molar-refractivity contribution < 1.29 is 9.90 Å². The molecule has 5 rings (SSSR count). The maximum absolute atomic E-state index is 11.7. The lowest BCUT2D eigenvalue weighted by molar-refractivity contribution is -0.122. The van der Waals surface area contributed by atoms with Gasteiger partial charge in [0.1, 0.15) is 5.52 Å². The standard InChI is InChI=1S/C25H31Cl2N7O2/c1-13-2-6-16(11-21(13)35)30-24-29-12-20-23(33-24)34(17-7-3-14(4-8-17)22(28)36)25(32-20)31-19-9-5-15(26)10-18(19)27/h5,9-10,12-14,16-17,21,35H,2-4,6-8,11H2,1H3,(H2,28,36)(H,31,32)(H,29,30,33)/t13-,14-,16?,17+,21-/m1/s1. The molecule has 2 fully saturated rings. The van der Waals surface area contributed by atoms with E-state index in [-0.39, 0.29) is 30.0 Å². The monoisotopic (exact) mass is 531 g/mol. The van der Waals surface area contributed by atoms with Gasteiger partial charge in [0.15, 0.2) is 5.65 Å². The van der Waals surface area contributed by atoms with Gasteiger partial charge in [-0.15, -0.1) is 0 Å². The van der Waals surface area contributed by atoms with Gasteiger partial charge >= 0.3 is 0 Å². The van der Waals surface area contributed by atoms with E-state index in [0.717, 1.165) is 38.5 Å². The van der Waals surface area contributed by atoms with Crippen molar-refractivity contribution in [1.29, 1.82) is 0 Å². The number of aliphatic hydroxyl groups is 1. The predicted molar refractivity (Wildman–Crippen MR) is 142 cm³/mol. The lowest BCUT2D eigenvalue weighted by atomic mass is 9.85. The molecule has 2 saturated carbocycles. The number of anilines is 3. The van der Waals surface area contributed by atoms with Crippen molar-refractivity contribution in [1.82, 2.24) is 19.5 Å². The summed E-state index contributed by atoms with van der Waals surface area (Å²) in [7, 11) is 0. The number of carbonyl (C=O) groups is 1. The first-order valence-electron chi connectivity index (χ1n) is 12.5. The predicted octanol–water partition coefficient (Wildman–Crippen LogP) is 5.05. The quantitative estimate of drug-likeness (QED) is 0.349. The number of primary amides is 1. The third kappa shape index (κ3) is 5.23. The first kappa shape index (κ1) is 25.0. The maximum Gasteiger partial charge on any atom is 0.224 e. The van der Waals surface area contributed by atoms with Crippen LogP contribution < -0.4 is 16.4 Å². The molecule has 0 aliphatic heterocycles. The number of amides is 1. The van der Waals surface area contributed by atoms with Crippen molar-refractivity contribution >= 4 is 57.9 Å². The number of carbonyl (C=O) groups excluding carboxylic acids is 1. The molecule has 0 radical (unpaired) electrons. The number of nitrogens with two attached hydrogens (primary N) is 1. The molecule has 5 N–H and O–H groups in total. The summed E-state index contributed by atoms with van der Waals surface area (Å²) in [5.41, 5.74) is 7.60. The number of hydrogen-bond donors (Lipinski definition) is 4. The zero-order valence-electron chi connectivity index (χ0n) is 20.1. The zero-order valence-corrected chi connectivity index (χ0v) is 21.6. The Balaban J connectivity index is 1.48. The Hall–Kier alpha value is -2.62. The average Bonchev–Trinajstić information content (AvgIpc) is 3.20. The molecule has 0 saturated heterocycles. The van der Waals surface area contributed by atoms with Gasteiger partial charge in [-0.05, 0) is 69.1 Å². The number of nitrogens with one attached hydrogen (secondary N) is 2. The molecule has 1 aromatic carbocycles. The summed E-state index contributed by atoms with van der Waals surface area (Å²) in [5.74, 6) is 1.07. The highest BCUT2D eigenvalue weighted by molar-refractivity contribution is 6.36. The summed E-state index contributed by atoms with van der Waals surface area (Å²) < 4.78 is 2.09. The molecule has 192 valence electrons. The van der Waals surface area contributed by atoms with Gasteiger partial charge in [0.2, 0.25) is 17.8 Å². The molecule has 2 aliphatic rings. The SMILES string of the molecule is C[C@@H]1CCC(Nc2ncc3nc(Nc4ccc(Cl)cc4Cl)n([C@H]4CC[C@@H](C(N)=O)CC4)c3n2)C[C@H]1O. The molecule has 1 unspecified atom stereocenters. The van der Waals surface area contributed by atoms with Crippen LogP contribution in [-0.4, -0.2) is 42.7 Å². The van der Waals surface area contributed by atoms with E-state index in [9.17, 15) is 9.90 Å². The van der Waals surface area contributed by atoms with Gasteiger partial charge in [0, 0.05) is 23.0 Å². The van der Waals surface area contributed by atoms with E-state index in [1.807, 2.05) is 6.07 Å². The molecule has 2 heterocycles. The van der Waals surface area contributed by atoms with Crippen molar-refractivity contribution in [2.45, 2.75) is 70.1 Å². The van der Waals surface area contributed by atoms with E-state index < -0.39 is 0 Å². The van der Waals surface area contributed by atoms with E-state index in [1.54, 1.807) is 18.3 Å². The van der Waals surface area contributed by atoms with Crippen LogP contribution in [0.5, 0.6) is 0 Å². The van der Waals surface area contributed by atoms with E-state index in [0.29, 0.717) is 51.1 Å². The normalized spacial score (nSPS) is 26.6. The van der Waals surface area contributed by atoms with E-state index >= 15 is 0 Å². The highest BCUT2D eigenvalue weighted by Crippen LogP contribution is 2.38. The van der Waals surface area contributed by atoms with Crippen LogP contribution in [0.4, 0.5) is 17.6 Å². The van der Waals surface area contributed by atoms with Gasteiger partial charge in [0.25, 0.3) is 0 Å².